The SMILES string of the molecule is COc1cc(OC)cc(C(=O)N(C)CCc2c3c(cc4c2OCC4)OCC3)c1. The molecular weight excluding hydrogens is 358 g/mol. The van der Waals surface area contributed by atoms with Gasteiger partial charge in [0.05, 0.1) is 27.4 Å². The van der Waals surface area contributed by atoms with Gasteiger partial charge in [0.2, 0.25) is 0 Å². The highest BCUT2D eigenvalue weighted by atomic mass is 16.5. The normalized spacial score (nSPS) is 14.0. The molecule has 28 heavy (non-hydrogen) atoms. The van der Waals surface area contributed by atoms with Crippen LogP contribution >= 0.6 is 0 Å². The van der Waals surface area contributed by atoms with E-state index in [-0.39, 0.29) is 5.91 Å². The first kappa shape index (κ1) is 18.5. The number of rotatable bonds is 6. The van der Waals surface area contributed by atoms with Crippen LogP contribution in [-0.2, 0) is 19.3 Å². The lowest BCUT2D eigenvalue weighted by Crippen LogP contribution is -2.29. The highest BCUT2D eigenvalue weighted by Gasteiger charge is 2.26. The van der Waals surface area contributed by atoms with E-state index in [1.807, 2.05) is 7.05 Å². The lowest BCUT2D eigenvalue weighted by molar-refractivity contribution is 0.0795. The number of carbonyl (C=O) groups excluding carboxylic acids is 1. The molecule has 0 aliphatic carbocycles. The van der Waals surface area contributed by atoms with Crippen molar-refractivity contribution in [2.75, 3.05) is 41.0 Å². The Morgan fingerprint density at radius 1 is 1.04 bits per heavy atom. The van der Waals surface area contributed by atoms with Gasteiger partial charge in [-0.3, -0.25) is 4.79 Å². The van der Waals surface area contributed by atoms with Crippen LogP contribution in [0, 0.1) is 0 Å². The summed E-state index contributed by atoms with van der Waals surface area (Å²) in [5, 5.41) is 0. The van der Waals surface area contributed by atoms with Crippen LogP contribution in [-0.4, -0.2) is 51.8 Å². The molecule has 0 aromatic heterocycles. The minimum Gasteiger partial charge on any atom is -0.497 e. The van der Waals surface area contributed by atoms with Crippen LogP contribution in [0.2, 0.25) is 0 Å². The van der Waals surface area contributed by atoms with Crippen LogP contribution in [0.1, 0.15) is 27.0 Å². The second-order valence-corrected chi connectivity index (χ2v) is 7.10. The van der Waals surface area contributed by atoms with Crippen LogP contribution in [0.5, 0.6) is 23.0 Å². The third kappa shape index (κ3) is 3.35. The van der Waals surface area contributed by atoms with E-state index in [0.29, 0.717) is 36.8 Å². The first-order chi connectivity index (χ1) is 13.6. The summed E-state index contributed by atoms with van der Waals surface area (Å²) >= 11 is 0. The largest absolute Gasteiger partial charge is 0.497 e. The molecule has 2 aromatic rings. The molecule has 6 nitrogen and oxygen atoms in total. The molecule has 2 aliphatic rings. The lowest BCUT2D eigenvalue weighted by Gasteiger charge is -2.20. The maximum Gasteiger partial charge on any atom is 0.253 e. The molecule has 0 fully saturated rings. The summed E-state index contributed by atoms with van der Waals surface area (Å²) in [4.78, 5) is 14.7. The summed E-state index contributed by atoms with van der Waals surface area (Å²) in [7, 11) is 4.96. The van der Waals surface area contributed by atoms with E-state index in [0.717, 1.165) is 30.8 Å². The summed E-state index contributed by atoms with van der Waals surface area (Å²) in [5.41, 5.74) is 4.17. The molecule has 2 aromatic carbocycles. The predicted octanol–water partition coefficient (Wildman–Crippen LogP) is 2.89. The van der Waals surface area contributed by atoms with E-state index >= 15 is 0 Å². The number of hydrogen-bond donors (Lipinski definition) is 0. The van der Waals surface area contributed by atoms with Crippen LogP contribution in [0.15, 0.2) is 24.3 Å². The van der Waals surface area contributed by atoms with Gasteiger partial charge in [-0.1, -0.05) is 0 Å². The van der Waals surface area contributed by atoms with Crippen molar-refractivity contribution in [1.29, 1.82) is 0 Å². The van der Waals surface area contributed by atoms with E-state index in [1.165, 1.54) is 16.7 Å². The fraction of sp³-hybridized carbons (Fsp3) is 0.409. The van der Waals surface area contributed by atoms with Crippen molar-refractivity contribution in [3.63, 3.8) is 0 Å². The van der Waals surface area contributed by atoms with Crippen molar-refractivity contribution < 1.29 is 23.7 Å². The molecule has 0 atom stereocenters. The number of ether oxygens (including phenoxy) is 4. The first-order valence-corrected chi connectivity index (χ1v) is 9.52. The minimum absolute atomic E-state index is 0.0707. The Morgan fingerprint density at radius 3 is 2.46 bits per heavy atom. The Balaban J connectivity index is 1.53. The maximum atomic E-state index is 12.9. The molecular formula is C22H25NO5. The van der Waals surface area contributed by atoms with Crippen LogP contribution in [0.25, 0.3) is 0 Å². The Kier molecular flexibility index (Phi) is 5.03. The van der Waals surface area contributed by atoms with Gasteiger partial charge in [-0.05, 0) is 24.6 Å². The van der Waals surface area contributed by atoms with Crippen molar-refractivity contribution in [2.45, 2.75) is 19.3 Å². The number of nitrogens with zero attached hydrogens (tertiary/aromatic N) is 1. The Labute approximate surface area is 165 Å². The van der Waals surface area contributed by atoms with Gasteiger partial charge in [0.1, 0.15) is 23.0 Å². The third-order valence-electron chi connectivity index (χ3n) is 5.40. The fourth-order valence-corrected chi connectivity index (χ4v) is 3.88. The molecule has 148 valence electrons. The zero-order chi connectivity index (χ0) is 19.7. The van der Waals surface area contributed by atoms with E-state index in [9.17, 15) is 4.79 Å². The van der Waals surface area contributed by atoms with E-state index in [1.54, 1.807) is 37.3 Å². The highest BCUT2D eigenvalue weighted by molar-refractivity contribution is 5.95. The molecule has 0 bridgehead atoms. The summed E-state index contributed by atoms with van der Waals surface area (Å²) in [5.74, 6) is 3.10. The number of likely N-dealkylation sites (N-methyl/N-ethyl adjacent to an activating group) is 1. The number of benzene rings is 2. The van der Waals surface area contributed by atoms with Crippen molar-refractivity contribution in [1.82, 2.24) is 4.90 Å². The topological polar surface area (TPSA) is 57.2 Å². The number of carbonyl (C=O) groups is 1. The Hall–Kier alpha value is -2.89. The smallest absolute Gasteiger partial charge is 0.253 e. The van der Waals surface area contributed by atoms with E-state index in [2.05, 4.69) is 6.07 Å². The van der Waals surface area contributed by atoms with Gasteiger partial charge in [-0.15, -0.1) is 0 Å². The van der Waals surface area contributed by atoms with Gasteiger partial charge in [0.25, 0.3) is 5.91 Å². The maximum absolute atomic E-state index is 12.9. The molecule has 0 spiro atoms. The molecule has 0 N–H and O–H groups in total. The predicted molar refractivity (Wildman–Crippen MR) is 105 cm³/mol. The molecule has 0 saturated heterocycles. The average Bonchev–Trinajstić information content (AvgIpc) is 3.38. The number of methoxy groups -OCH3 is 2. The summed E-state index contributed by atoms with van der Waals surface area (Å²) < 4.78 is 22.2. The molecule has 4 rings (SSSR count). The second kappa shape index (κ2) is 7.62. The van der Waals surface area contributed by atoms with Gasteiger partial charge >= 0.3 is 0 Å². The number of fused-ring (bicyclic) bond motifs is 2. The fourth-order valence-electron chi connectivity index (χ4n) is 3.88. The van der Waals surface area contributed by atoms with Crippen molar-refractivity contribution >= 4 is 5.91 Å². The molecule has 0 saturated carbocycles. The summed E-state index contributed by atoms with van der Waals surface area (Å²) in [6, 6.07) is 7.34. The number of hydrogen-bond acceptors (Lipinski definition) is 5. The molecule has 1 amide bonds. The molecule has 0 unspecified atom stereocenters. The standard InChI is InChI=1S/C22H25NO5/c1-23(22(24)15-10-16(25-2)13-17(11-15)26-3)7-4-19-18-6-9-27-20(18)12-14-5-8-28-21(14)19/h10-13H,4-9H2,1-3H3. The van der Waals surface area contributed by atoms with Crippen molar-refractivity contribution in [3.05, 3.63) is 46.5 Å². The van der Waals surface area contributed by atoms with Crippen molar-refractivity contribution in [2.24, 2.45) is 0 Å². The van der Waals surface area contributed by atoms with Crippen molar-refractivity contribution in [3.8, 4) is 23.0 Å². The lowest BCUT2D eigenvalue weighted by atomic mass is 9.97. The summed E-state index contributed by atoms with van der Waals surface area (Å²) in [6.45, 7) is 2.01. The highest BCUT2D eigenvalue weighted by Crippen LogP contribution is 2.40. The Morgan fingerprint density at radius 2 is 1.75 bits per heavy atom. The van der Waals surface area contributed by atoms with Gasteiger partial charge in [-0.2, -0.15) is 0 Å². The Bertz CT molecular complexity index is 854. The van der Waals surface area contributed by atoms with Crippen LogP contribution < -0.4 is 18.9 Å². The molecule has 0 radical (unpaired) electrons. The molecule has 2 aliphatic heterocycles. The van der Waals surface area contributed by atoms with Crippen LogP contribution in [0.3, 0.4) is 0 Å². The third-order valence-corrected chi connectivity index (χ3v) is 5.40. The zero-order valence-electron chi connectivity index (χ0n) is 16.5. The second-order valence-electron chi connectivity index (χ2n) is 7.10. The first-order valence-electron chi connectivity index (χ1n) is 9.52. The zero-order valence-corrected chi connectivity index (χ0v) is 16.5. The quantitative estimate of drug-likeness (QED) is 0.768. The monoisotopic (exact) mass is 383 g/mol. The van der Waals surface area contributed by atoms with Gasteiger partial charge < -0.3 is 23.8 Å². The molecule has 6 heteroatoms. The van der Waals surface area contributed by atoms with Crippen LogP contribution in [0.4, 0.5) is 0 Å². The number of amides is 1. The van der Waals surface area contributed by atoms with E-state index < -0.39 is 0 Å². The van der Waals surface area contributed by atoms with Gasteiger partial charge in [0, 0.05) is 54.8 Å². The van der Waals surface area contributed by atoms with Gasteiger partial charge in [-0.25, -0.2) is 0 Å². The average molecular weight is 383 g/mol. The van der Waals surface area contributed by atoms with E-state index in [4.69, 9.17) is 18.9 Å². The molecule has 2 heterocycles. The van der Waals surface area contributed by atoms with Gasteiger partial charge in [0.15, 0.2) is 0 Å². The summed E-state index contributed by atoms with van der Waals surface area (Å²) in [6.07, 6.45) is 2.54. The minimum atomic E-state index is -0.0707.